The zero-order valence-electron chi connectivity index (χ0n) is 13.2. The summed E-state index contributed by atoms with van der Waals surface area (Å²) in [7, 11) is 1.66. The maximum atomic E-state index is 12.6. The van der Waals surface area contributed by atoms with Gasteiger partial charge in [0.1, 0.15) is 0 Å². The van der Waals surface area contributed by atoms with Crippen LogP contribution in [0.5, 0.6) is 0 Å². The van der Waals surface area contributed by atoms with E-state index in [0.29, 0.717) is 13.2 Å². The number of hydrogen-bond acceptors (Lipinski definition) is 3. The van der Waals surface area contributed by atoms with Crippen LogP contribution in [0.4, 0.5) is 5.69 Å². The van der Waals surface area contributed by atoms with Gasteiger partial charge in [-0.2, -0.15) is 0 Å². The minimum Gasteiger partial charge on any atom is -0.385 e. The van der Waals surface area contributed by atoms with Crippen molar-refractivity contribution in [2.75, 3.05) is 32.1 Å². The molecule has 0 aliphatic heterocycles. The van der Waals surface area contributed by atoms with Gasteiger partial charge in [-0.1, -0.05) is 0 Å². The van der Waals surface area contributed by atoms with Crippen molar-refractivity contribution in [2.24, 2.45) is 0 Å². The predicted molar refractivity (Wildman–Crippen MR) is 83.4 cm³/mol. The van der Waals surface area contributed by atoms with Gasteiger partial charge in [0, 0.05) is 31.5 Å². The summed E-state index contributed by atoms with van der Waals surface area (Å²) in [4.78, 5) is 14.5. The molecule has 0 aromatic heterocycles. The molecular weight excluding hydrogens is 252 g/mol. The molecule has 0 aliphatic rings. The minimum atomic E-state index is 0.0672. The number of ether oxygens (including phenoxy) is 1. The van der Waals surface area contributed by atoms with E-state index < -0.39 is 0 Å². The molecule has 4 heteroatoms. The van der Waals surface area contributed by atoms with Crippen LogP contribution in [-0.2, 0) is 4.74 Å². The van der Waals surface area contributed by atoms with Crippen LogP contribution >= 0.6 is 0 Å². The van der Waals surface area contributed by atoms with Crippen LogP contribution in [0, 0.1) is 6.92 Å². The Hall–Kier alpha value is -1.55. The molecule has 1 aromatic rings. The Labute approximate surface area is 122 Å². The molecule has 112 valence electrons. The Morgan fingerprint density at radius 3 is 2.60 bits per heavy atom. The lowest BCUT2D eigenvalue weighted by Crippen LogP contribution is -2.41. The van der Waals surface area contributed by atoms with E-state index in [9.17, 15) is 4.79 Å². The highest BCUT2D eigenvalue weighted by Crippen LogP contribution is 2.18. The number of nitrogens with one attached hydrogen (secondary N) is 1. The second-order valence-electron chi connectivity index (χ2n) is 4.96. The number of anilines is 1. The van der Waals surface area contributed by atoms with E-state index >= 15 is 0 Å². The quantitative estimate of drug-likeness (QED) is 0.834. The Balaban J connectivity index is 2.95. The molecule has 0 aliphatic carbocycles. The number of carbonyl (C=O) groups is 1. The lowest BCUT2D eigenvalue weighted by molar-refractivity contribution is 0.0578. The molecule has 0 saturated heterocycles. The van der Waals surface area contributed by atoms with Gasteiger partial charge in [0.25, 0.3) is 5.91 Å². The Kier molecular flexibility index (Phi) is 6.52. The normalized spacial score (nSPS) is 12.1. The van der Waals surface area contributed by atoms with Crippen molar-refractivity contribution in [1.29, 1.82) is 0 Å². The van der Waals surface area contributed by atoms with Crippen molar-refractivity contribution >= 4 is 11.6 Å². The highest BCUT2D eigenvalue weighted by Gasteiger charge is 2.21. The zero-order chi connectivity index (χ0) is 15.1. The molecule has 1 aromatic carbocycles. The minimum absolute atomic E-state index is 0.0672. The summed E-state index contributed by atoms with van der Waals surface area (Å²) in [6, 6.07) is 5.95. The van der Waals surface area contributed by atoms with Crippen LogP contribution in [0.15, 0.2) is 18.2 Å². The van der Waals surface area contributed by atoms with Gasteiger partial charge in [-0.25, -0.2) is 0 Å². The van der Waals surface area contributed by atoms with Gasteiger partial charge in [0.05, 0.1) is 12.6 Å². The van der Waals surface area contributed by atoms with E-state index in [1.54, 1.807) is 7.11 Å². The maximum Gasteiger partial charge on any atom is 0.254 e. The van der Waals surface area contributed by atoms with E-state index in [1.807, 2.05) is 43.9 Å². The van der Waals surface area contributed by atoms with Gasteiger partial charge < -0.3 is 15.0 Å². The number of aryl methyl sites for hydroxylation is 1. The standard InChI is InChI=1S/C16H26N2O2/c1-6-17-14-8-9-15(12(3)10-14)16(19)18(7-2)13(4)11-20-5/h8-10,13,17H,6-7,11H2,1-5H3. The number of carbonyl (C=O) groups excluding carboxylic acids is 1. The highest BCUT2D eigenvalue weighted by atomic mass is 16.5. The number of methoxy groups -OCH3 is 1. The van der Waals surface area contributed by atoms with Crippen LogP contribution in [0.3, 0.4) is 0 Å². The lowest BCUT2D eigenvalue weighted by atomic mass is 10.1. The van der Waals surface area contributed by atoms with Gasteiger partial charge >= 0.3 is 0 Å². The summed E-state index contributed by atoms with van der Waals surface area (Å²) >= 11 is 0. The van der Waals surface area contributed by atoms with E-state index in [4.69, 9.17) is 4.74 Å². The fourth-order valence-corrected chi connectivity index (χ4v) is 2.36. The van der Waals surface area contributed by atoms with Crippen molar-refractivity contribution in [3.05, 3.63) is 29.3 Å². The van der Waals surface area contributed by atoms with Crippen molar-refractivity contribution in [3.63, 3.8) is 0 Å². The molecule has 0 heterocycles. The van der Waals surface area contributed by atoms with Gasteiger partial charge in [0.15, 0.2) is 0 Å². The van der Waals surface area contributed by atoms with Crippen LogP contribution < -0.4 is 5.32 Å². The second-order valence-corrected chi connectivity index (χ2v) is 4.96. The van der Waals surface area contributed by atoms with Crippen LogP contribution in [0.2, 0.25) is 0 Å². The molecule has 1 unspecified atom stereocenters. The molecule has 0 fully saturated rings. The molecule has 0 radical (unpaired) electrons. The van der Waals surface area contributed by atoms with Crippen molar-refractivity contribution < 1.29 is 9.53 Å². The fourth-order valence-electron chi connectivity index (χ4n) is 2.36. The van der Waals surface area contributed by atoms with Crippen LogP contribution in [0.1, 0.15) is 36.7 Å². The third-order valence-electron chi connectivity index (χ3n) is 3.38. The zero-order valence-corrected chi connectivity index (χ0v) is 13.2. The number of amides is 1. The van der Waals surface area contributed by atoms with Crippen molar-refractivity contribution in [1.82, 2.24) is 4.90 Å². The molecule has 1 N–H and O–H groups in total. The van der Waals surface area contributed by atoms with E-state index in [-0.39, 0.29) is 11.9 Å². The highest BCUT2D eigenvalue weighted by molar-refractivity contribution is 5.96. The van der Waals surface area contributed by atoms with Crippen LogP contribution in [-0.4, -0.2) is 43.7 Å². The smallest absolute Gasteiger partial charge is 0.254 e. The van der Waals surface area contributed by atoms with Crippen LogP contribution in [0.25, 0.3) is 0 Å². The molecular formula is C16H26N2O2. The summed E-state index contributed by atoms with van der Waals surface area (Å²) < 4.78 is 5.15. The number of rotatable bonds is 7. The number of likely N-dealkylation sites (N-methyl/N-ethyl adjacent to an activating group) is 1. The molecule has 20 heavy (non-hydrogen) atoms. The number of hydrogen-bond donors (Lipinski definition) is 1. The monoisotopic (exact) mass is 278 g/mol. The summed E-state index contributed by atoms with van der Waals surface area (Å²) in [5.41, 5.74) is 2.81. The fraction of sp³-hybridized carbons (Fsp3) is 0.562. The second kappa shape index (κ2) is 7.90. The molecule has 0 saturated carbocycles. The van der Waals surface area contributed by atoms with Crippen molar-refractivity contribution in [3.8, 4) is 0 Å². The first-order valence-corrected chi connectivity index (χ1v) is 7.19. The first-order valence-electron chi connectivity index (χ1n) is 7.19. The maximum absolute atomic E-state index is 12.6. The van der Waals surface area contributed by atoms with Gasteiger partial charge in [-0.05, 0) is 51.5 Å². The third-order valence-corrected chi connectivity index (χ3v) is 3.38. The van der Waals surface area contributed by atoms with Gasteiger partial charge in [-0.15, -0.1) is 0 Å². The summed E-state index contributed by atoms with van der Waals surface area (Å²) in [5.74, 6) is 0.0672. The van der Waals surface area contributed by atoms with E-state index in [2.05, 4.69) is 12.2 Å². The number of nitrogens with zero attached hydrogens (tertiary/aromatic N) is 1. The largest absolute Gasteiger partial charge is 0.385 e. The summed E-state index contributed by atoms with van der Waals surface area (Å²) in [6.07, 6.45) is 0. The lowest BCUT2D eigenvalue weighted by Gasteiger charge is -2.28. The first kappa shape index (κ1) is 16.5. The average molecular weight is 278 g/mol. The van der Waals surface area contributed by atoms with Gasteiger partial charge in [-0.3, -0.25) is 4.79 Å². The van der Waals surface area contributed by atoms with E-state index in [0.717, 1.165) is 23.4 Å². The molecule has 1 rings (SSSR count). The average Bonchev–Trinajstić information content (AvgIpc) is 2.40. The Bertz CT molecular complexity index is 446. The molecule has 0 spiro atoms. The Morgan fingerprint density at radius 1 is 1.40 bits per heavy atom. The predicted octanol–water partition coefficient (Wildman–Crippen LogP) is 2.92. The van der Waals surface area contributed by atoms with Crippen molar-refractivity contribution in [2.45, 2.75) is 33.7 Å². The third kappa shape index (κ3) is 3.97. The molecule has 1 atom stereocenters. The molecule has 0 bridgehead atoms. The Morgan fingerprint density at radius 2 is 2.10 bits per heavy atom. The van der Waals surface area contributed by atoms with Gasteiger partial charge in [0.2, 0.25) is 0 Å². The first-order chi connectivity index (χ1) is 9.54. The molecule has 1 amide bonds. The van der Waals surface area contributed by atoms with E-state index in [1.165, 1.54) is 0 Å². The topological polar surface area (TPSA) is 41.6 Å². The SMILES string of the molecule is CCNc1ccc(C(=O)N(CC)C(C)COC)c(C)c1. The summed E-state index contributed by atoms with van der Waals surface area (Å²) in [6.45, 7) is 10.1. The number of benzene rings is 1. The summed E-state index contributed by atoms with van der Waals surface area (Å²) in [5, 5.41) is 3.26. The molecule has 4 nitrogen and oxygen atoms in total.